The number of likely N-dealkylation sites (tertiary alicyclic amines) is 1. The van der Waals surface area contributed by atoms with Gasteiger partial charge in [-0.05, 0) is 49.2 Å². The van der Waals surface area contributed by atoms with Gasteiger partial charge in [-0.25, -0.2) is 14.4 Å². The van der Waals surface area contributed by atoms with Crippen LogP contribution in [0.15, 0.2) is 128 Å². The largest absolute Gasteiger partial charge is 0.508 e. The van der Waals surface area contributed by atoms with E-state index in [9.17, 15) is 29.1 Å². The highest BCUT2D eigenvalue weighted by Crippen LogP contribution is 2.50. The quantitative estimate of drug-likeness (QED) is 0.0515. The number of hydrogen-bond donors (Lipinski definition) is 2. The number of carboxylic acid groups (broad SMARTS) is 1. The predicted molar refractivity (Wildman–Crippen MR) is 212 cm³/mol. The van der Waals surface area contributed by atoms with E-state index in [0.29, 0.717) is 27.0 Å². The molecule has 4 aromatic rings. The van der Waals surface area contributed by atoms with Crippen LogP contribution in [0.25, 0.3) is 0 Å². The average Bonchev–Trinajstić information content (AvgIpc) is 3.16. The average molecular weight is 765 g/mol. The van der Waals surface area contributed by atoms with Crippen LogP contribution < -0.4 is 21.2 Å². The predicted octanol–water partition coefficient (Wildman–Crippen LogP) is 6.05. The van der Waals surface area contributed by atoms with Crippen LogP contribution in [-0.2, 0) is 30.3 Å². The van der Waals surface area contributed by atoms with Crippen LogP contribution in [0.5, 0.6) is 0 Å². The Morgan fingerprint density at radius 3 is 1.82 bits per heavy atom. The van der Waals surface area contributed by atoms with Crippen LogP contribution in [0.4, 0.5) is 9.59 Å². The molecule has 4 aromatic carbocycles. The number of amides is 2. The number of ketones is 1. The zero-order valence-corrected chi connectivity index (χ0v) is 32.1. The molecule has 2 N–H and O–H groups in total. The van der Waals surface area contributed by atoms with Crippen LogP contribution in [0.3, 0.4) is 0 Å². The Morgan fingerprint density at radius 2 is 1.36 bits per heavy atom. The number of alkyl carbamates (subject to hydrolysis) is 1. The van der Waals surface area contributed by atoms with E-state index in [0.717, 1.165) is 0 Å². The first-order valence-corrected chi connectivity index (χ1v) is 19.6. The van der Waals surface area contributed by atoms with Crippen molar-refractivity contribution in [2.75, 3.05) is 6.61 Å². The lowest BCUT2D eigenvalue weighted by atomic mass is 9.79. The number of Topliss-reactive ketones (excluding diaryl/α,β-unsaturated/α-hetero) is 1. The number of nitrogens with zero attached hydrogens (tertiary/aromatic N) is 1. The fraction of sp³-hybridized carbons (Fsp3) is 0.256. The molecule has 1 fully saturated rings. The third kappa shape index (κ3) is 9.07. The van der Waals surface area contributed by atoms with Gasteiger partial charge in [0.25, 0.3) is 0 Å². The molecule has 0 radical (unpaired) electrons. The molecule has 55 heavy (non-hydrogen) atoms. The third-order valence-electron chi connectivity index (χ3n) is 9.05. The molecule has 12 heteroatoms. The molecular weight excluding hydrogens is 719 g/mol. The highest BCUT2D eigenvalue weighted by Gasteiger charge is 2.56. The zero-order chi connectivity index (χ0) is 39.8. The van der Waals surface area contributed by atoms with Crippen molar-refractivity contribution >= 4 is 58.1 Å². The summed E-state index contributed by atoms with van der Waals surface area (Å²) in [7, 11) is 0. The molecule has 286 valence electrons. The van der Waals surface area contributed by atoms with E-state index in [2.05, 4.69) is 11.9 Å². The van der Waals surface area contributed by atoms with Crippen LogP contribution in [-0.4, -0.2) is 69.7 Å². The van der Waals surface area contributed by atoms with Crippen LogP contribution >= 0.6 is 6.89 Å². The van der Waals surface area contributed by atoms with Gasteiger partial charge >= 0.3 is 18.2 Å². The Labute approximate surface area is 320 Å². The van der Waals surface area contributed by atoms with Gasteiger partial charge in [0.15, 0.2) is 5.78 Å². The summed E-state index contributed by atoms with van der Waals surface area (Å²) in [4.78, 5) is 68.5. The summed E-state index contributed by atoms with van der Waals surface area (Å²) in [5.41, 5.74) is 0.197. The summed E-state index contributed by atoms with van der Waals surface area (Å²) in [5.74, 6) is -3.37. The van der Waals surface area contributed by atoms with Gasteiger partial charge in [-0.15, -0.1) is 0 Å². The van der Waals surface area contributed by atoms with Gasteiger partial charge in [-0.3, -0.25) is 9.59 Å². The minimum atomic E-state index is -3.34. The van der Waals surface area contributed by atoms with E-state index in [4.69, 9.17) is 14.2 Å². The van der Waals surface area contributed by atoms with E-state index in [-0.39, 0.29) is 30.8 Å². The summed E-state index contributed by atoms with van der Waals surface area (Å²) < 4.78 is 15.8. The molecule has 0 unspecified atom stereocenters. The minimum absolute atomic E-state index is 0.114. The van der Waals surface area contributed by atoms with Gasteiger partial charge in [-0.1, -0.05) is 128 Å². The van der Waals surface area contributed by atoms with Gasteiger partial charge in [0.2, 0.25) is 5.91 Å². The number of carboxylic acids is 1. The van der Waals surface area contributed by atoms with Crippen molar-refractivity contribution in [1.82, 2.24) is 10.2 Å². The first kappa shape index (κ1) is 40.3. The van der Waals surface area contributed by atoms with Crippen molar-refractivity contribution < 1.29 is 43.3 Å². The number of aliphatic carboxylic acids is 1. The fourth-order valence-electron chi connectivity index (χ4n) is 6.73. The highest BCUT2D eigenvalue weighted by atomic mass is 31.2. The van der Waals surface area contributed by atoms with Crippen molar-refractivity contribution in [3.8, 4) is 0 Å². The van der Waals surface area contributed by atoms with Crippen molar-refractivity contribution in [3.05, 3.63) is 139 Å². The van der Waals surface area contributed by atoms with Gasteiger partial charge in [0, 0.05) is 25.4 Å². The molecule has 5 rings (SSSR count). The Morgan fingerprint density at radius 1 is 0.855 bits per heavy atom. The molecule has 0 aromatic heterocycles. The van der Waals surface area contributed by atoms with E-state index in [1.807, 2.05) is 91.0 Å². The second-order valence-electron chi connectivity index (χ2n) is 14.0. The Bertz CT molecular complexity index is 1980. The van der Waals surface area contributed by atoms with Crippen molar-refractivity contribution in [3.63, 3.8) is 0 Å². The molecule has 0 spiro atoms. The number of hydrogen-bond acceptors (Lipinski definition) is 8. The summed E-state index contributed by atoms with van der Waals surface area (Å²) >= 11 is 0. The second kappa shape index (κ2) is 17.5. The zero-order valence-electron chi connectivity index (χ0n) is 31.2. The molecule has 2 amide bonds. The molecule has 3 atom stereocenters. The number of carbonyl (C=O) groups excluding carboxylic acids is 4. The monoisotopic (exact) mass is 764 g/mol. The molecule has 0 bridgehead atoms. The smallest absolute Gasteiger partial charge is 0.477 e. The van der Waals surface area contributed by atoms with Crippen molar-refractivity contribution in [1.29, 1.82) is 0 Å². The number of rotatable bonds is 14. The number of β-lactam (4-membered cyclic amide) rings is 1. The normalized spacial score (nSPS) is 15.9. The fourth-order valence-corrected chi connectivity index (χ4v) is 11.1. The standard InChI is InChI=1S/C43H45N2O9P/c1-6-26-52-42(51)53-29(2)37-35(27-36(46)31-24-22-30(23-25-31)28-44-41(50)54-43(3,4)5)45(38(37)47)39(40(48)49)55(32-16-10-7-11-17-32,33-18-12-8-13-19-33)34-20-14-9-15-21-34/h6-25,29,35,37H,1,26-28H2,2-5H3,(H,44,50)(H,48,49)/t29-,35-,37-/m1/s1. The van der Waals surface area contributed by atoms with Gasteiger partial charge in [0.1, 0.15) is 23.7 Å². The lowest BCUT2D eigenvalue weighted by molar-refractivity contribution is -0.157. The Hall–Kier alpha value is -5.93. The molecule has 11 nitrogen and oxygen atoms in total. The van der Waals surface area contributed by atoms with Crippen molar-refractivity contribution in [2.45, 2.75) is 58.4 Å². The first-order chi connectivity index (χ1) is 26.3. The number of nitrogens with one attached hydrogen (secondary N) is 1. The van der Waals surface area contributed by atoms with E-state index in [1.165, 1.54) is 17.9 Å². The molecule has 1 saturated heterocycles. The molecule has 0 saturated carbocycles. The minimum Gasteiger partial charge on any atom is -0.477 e. The van der Waals surface area contributed by atoms with Crippen LogP contribution in [0, 0.1) is 5.92 Å². The Kier molecular flexibility index (Phi) is 12.8. The second-order valence-corrected chi connectivity index (χ2v) is 17.3. The molecular formula is C43H45N2O9P. The topological polar surface area (TPSA) is 149 Å². The summed E-state index contributed by atoms with van der Waals surface area (Å²) in [6.07, 6.45) is -1.59. The maximum absolute atomic E-state index is 14.5. The summed E-state index contributed by atoms with van der Waals surface area (Å²) in [5, 5.41) is 16.1. The van der Waals surface area contributed by atoms with Gasteiger partial charge < -0.3 is 29.5 Å². The molecule has 1 heterocycles. The molecule has 0 aliphatic carbocycles. The SMILES string of the molecule is C=CCOC(=O)O[C@H](C)[C@H]1C(=O)N(C(C(=O)O)=P(c2ccccc2)(c2ccccc2)c2ccccc2)[C@@H]1CC(=O)c1ccc(CNC(=O)OC(C)(C)C)cc1. The van der Waals surface area contributed by atoms with Gasteiger partial charge in [0.05, 0.1) is 12.0 Å². The Balaban J connectivity index is 1.62. The lowest BCUT2D eigenvalue weighted by Gasteiger charge is -2.50. The molecule has 1 aliphatic heterocycles. The molecule has 1 aliphatic rings. The van der Waals surface area contributed by atoms with E-state index >= 15 is 0 Å². The number of carbonyl (C=O) groups is 5. The van der Waals surface area contributed by atoms with E-state index in [1.54, 1.807) is 45.0 Å². The third-order valence-corrected chi connectivity index (χ3v) is 13.3. The van der Waals surface area contributed by atoms with Crippen molar-refractivity contribution in [2.24, 2.45) is 5.92 Å². The van der Waals surface area contributed by atoms with E-state index < -0.39 is 54.7 Å². The van der Waals surface area contributed by atoms with Gasteiger partial charge in [-0.2, -0.15) is 0 Å². The summed E-state index contributed by atoms with van der Waals surface area (Å²) in [6, 6.07) is 33.2. The van der Waals surface area contributed by atoms with Crippen LogP contribution in [0.2, 0.25) is 0 Å². The number of benzene rings is 4. The highest BCUT2D eigenvalue weighted by molar-refractivity contribution is 7.96. The first-order valence-electron chi connectivity index (χ1n) is 17.8. The number of ether oxygens (including phenoxy) is 3. The summed E-state index contributed by atoms with van der Waals surface area (Å²) in [6.45, 7) is 7.04. The van der Waals surface area contributed by atoms with Crippen LogP contribution in [0.1, 0.15) is 50.0 Å². The lowest BCUT2D eigenvalue weighted by Crippen LogP contribution is -2.68. The maximum Gasteiger partial charge on any atom is 0.508 e. The maximum atomic E-state index is 14.5.